The van der Waals surface area contributed by atoms with E-state index in [9.17, 15) is 4.79 Å². The fraction of sp³-hybridized carbons (Fsp3) is 0.812. The molecule has 0 aromatic carbocycles. The highest BCUT2D eigenvalue weighted by molar-refractivity contribution is 5.86. The maximum Gasteiger partial charge on any atom is 0.360 e. The van der Waals surface area contributed by atoms with E-state index in [-0.39, 0.29) is 17.3 Å². The fourth-order valence-electron chi connectivity index (χ4n) is 3.56. The lowest BCUT2D eigenvalue weighted by molar-refractivity contribution is -0.0328. The first kappa shape index (κ1) is 16.4. The first-order chi connectivity index (χ1) is 11.0. The topological polar surface area (TPSA) is 69.5 Å². The van der Waals surface area contributed by atoms with Gasteiger partial charge in [-0.25, -0.2) is 9.48 Å². The normalized spacial score (nSPS) is 28.0. The SMILES string of the molecule is COC(=O)c1cn(C2CCCN(CC3CCC(C)(C)O3)C2)nn1. The van der Waals surface area contributed by atoms with Crippen LogP contribution in [0, 0.1) is 0 Å². The second kappa shape index (κ2) is 6.57. The number of likely N-dealkylation sites (tertiary alicyclic amines) is 1. The summed E-state index contributed by atoms with van der Waals surface area (Å²) in [5.74, 6) is -0.439. The van der Waals surface area contributed by atoms with Crippen molar-refractivity contribution < 1.29 is 14.3 Å². The van der Waals surface area contributed by atoms with Gasteiger partial charge in [0.15, 0.2) is 5.69 Å². The second-order valence-electron chi connectivity index (χ2n) is 7.17. The predicted octanol–water partition coefficient (Wildman–Crippen LogP) is 1.66. The molecule has 0 N–H and O–H groups in total. The van der Waals surface area contributed by atoms with E-state index in [2.05, 4.69) is 33.8 Å². The number of methoxy groups -OCH3 is 1. The highest BCUT2D eigenvalue weighted by atomic mass is 16.5. The first-order valence-corrected chi connectivity index (χ1v) is 8.37. The molecule has 2 atom stereocenters. The zero-order valence-electron chi connectivity index (χ0n) is 14.2. The van der Waals surface area contributed by atoms with Crippen LogP contribution in [0.3, 0.4) is 0 Å². The fourth-order valence-corrected chi connectivity index (χ4v) is 3.56. The van der Waals surface area contributed by atoms with Crippen LogP contribution < -0.4 is 0 Å². The number of hydrogen-bond acceptors (Lipinski definition) is 6. The molecule has 2 unspecified atom stereocenters. The van der Waals surface area contributed by atoms with Gasteiger partial charge in [0.2, 0.25) is 0 Å². The van der Waals surface area contributed by atoms with Crippen molar-refractivity contribution in [3.63, 3.8) is 0 Å². The molecule has 0 radical (unpaired) electrons. The molecule has 128 valence electrons. The number of ether oxygens (including phenoxy) is 2. The summed E-state index contributed by atoms with van der Waals surface area (Å²) in [6.45, 7) is 7.31. The average molecular weight is 322 g/mol. The van der Waals surface area contributed by atoms with E-state index >= 15 is 0 Å². The third-order valence-corrected chi connectivity index (χ3v) is 4.78. The van der Waals surface area contributed by atoms with Gasteiger partial charge in [0.05, 0.1) is 31.1 Å². The lowest BCUT2D eigenvalue weighted by Gasteiger charge is -2.34. The van der Waals surface area contributed by atoms with Gasteiger partial charge < -0.3 is 9.47 Å². The van der Waals surface area contributed by atoms with Crippen molar-refractivity contribution in [2.45, 2.75) is 57.3 Å². The summed E-state index contributed by atoms with van der Waals surface area (Å²) in [7, 11) is 1.35. The predicted molar refractivity (Wildman–Crippen MR) is 84.3 cm³/mol. The minimum atomic E-state index is -0.439. The summed E-state index contributed by atoms with van der Waals surface area (Å²) in [5.41, 5.74) is 0.284. The van der Waals surface area contributed by atoms with E-state index in [1.807, 2.05) is 0 Å². The van der Waals surface area contributed by atoms with Crippen molar-refractivity contribution >= 4 is 5.97 Å². The number of piperidine rings is 1. The largest absolute Gasteiger partial charge is 0.464 e. The molecule has 1 aromatic heterocycles. The van der Waals surface area contributed by atoms with Crippen molar-refractivity contribution in [2.75, 3.05) is 26.7 Å². The van der Waals surface area contributed by atoms with Crippen LogP contribution in [-0.2, 0) is 9.47 Å². The van der Waals surface area contributed by atoms with E-state index < -0.39 is 5.97 Å². The van der Waals surface area contributed by atoms with E-state index in [0.717, 1.165) is 45.3 Å². The van der Waals surface area contributed by atoms with E-state index in [1.54, 1.807) is 10.9 Å². The van der Waals surface area contributed by atoms with Crippen LogP contribution in [0.1, 0.15) is 56.1 Å². The zero-order chi connectivity index (χ0) is 16.4. The lowest BCUT2D eigenvalue weighted by atomic mass is 10.0. The molecule has 7 heteroatoms. The molecule has 0 aliphatic carbocycles. The summed E-state index contributed by atoms with van der Waals surface area (Å²) in [6, 6.07) is 0.254. The molecule has 7 nitrogen and oxygen atoms in total. The molecule has 0 amide bonds. The maximum atomic E-state index is 11.5. The molecule has 0 saturated carbocycles. The molecule has 2 fully saturated rings. The van der Waals surface area contributed by atoms with Crippen LogP contribution >= 0.6 is 0 Å². The molecule has 1 aromatic rings. The summed E-state index contributed by atoms with van der Waals surface area (Å²) in [6.07, 6.45) is 6.44. The summed E-state index contributed by atoms with van der Waals surface area (Å²) in [5, 5.41) is 8.01. The van der Waals surface area contributed by atoms with Gasteiger partial charge in [0, 0.05) is 13.1 Å². The van der Waals surface area contributed by atoms with Crippen LogP contribution in [0.15, 0.2) is 6.20 Å². The van der Waals surface area contributed by atoms with Crippen molar-refractivity contribution in [3.05, 3.63) is 11.9 Å². The number of carbonyl (C=O) groups excluding carboxylic acids is 1. The second-order valence-corrected chi connectivity index (χ2v) is 7.17. The van der Waals surface area contributed by atoms with Gasteiger partial charge >= 0.3 is 5.97 Å². The first-order valence-electron chi connectivity index (χ1n) is 8.37. The van der Waals surface area contributed by atoms with Gasteiger partial charge in [-0.05, 0) is 46.1 Å². The summed E-state index contributed by atoms with van der Waals surface area (Å²) >= 11 is 0. The molecule has 2 aliphatic heterocycles. The van der Waals surface area contributed by atoms with Crippen LogP contribution in [0.4, 0.5) is 0 Å². The smallest absolute Gasteiger partial charge is 0.360 e. The minimum absolute atomic E-state index is 0.0151. The Morgan fingerprint density at radius 1 is 1.48 bits per heavy atom. The summed E-state index contributed by atoms with van der Waals surface area (Å²) in [4.78, 5) is 13.9. The molecule has 2 saturated heterocycles. The van der Waals surface area contributed by atoms with Gasteiger partial charge in [-0.1, -0.05) is 5.21 Å². The number of hydrogen-bond donors (Lipinski definition) is 0. The number of nitrogens with zero attached hydrogens (tertiary/aromatic N) is 4. The van der Waals surface area contributed by atoms with Crippen molar-refractivity contribution in [3.8, 4) is 0 Å². The van der Waals surface area contributed by atoms with E-state index in [1.165, 1.54) is 7.11 Å². The molecule has 23 heavy (non-hydrogen) atoms. The molecule has 3 heterocycles. The Kier molecular flexibility index (Phi) is 4.68. The number of carbonyl (C=O) groups is 1. The minimum Gasteiger partial charge on any atom is -0.464 e. The Morgan fingerprint density at radius 2 is 2.30 bits per heavy atom. The number of aromatic nitrogens is 3. The van der Waals surface area contributed by atoms with Gasteiger partial charge in [0.25, 0.3) is 0 Å². The molecule has 2 aliphatic rings. The van der Waals surface area contributed by atoms with Crippen LogP contribution in [0.25, 0.3) is 0 Å². The van der Waals surface area contributed by atoms with E-state index in [4.69, 9.17) is 4.74 Å². The molecular weight excluding hydrogens is 296 g/mol. The standard InChI is InChI=1S/C16H26N4O3/c1-16(2)7-6-13(23-16)10-19-8-4-5-12(9-19)20-11-14(17-18-20)15(21)22-3/h11-13H,4-10H2,1-3H3. The Bertz CT molecular complexity index is 557. The van der Waals surface area contributed by atoms with Crippen molar-refractivity contribution in [1.29, 1.82) is 0 Å². The van der Waals surface area contributed by atoms with E-state index in [0.29, 0.717) is 6.10 Å². The number of esters is 1. The lowest BCUT2D eigenvalue weighted by Crippen LogP contribution is -2.41. The third kappa shape index (κ3) is 3.90. The van der Waals surface area contributed by atoms with Gasteiger partial charge in [-0.3, -0.25) is 4.90 Å². The average Bonchev–Trinajstić information content (AvgIpc) is 3.13. The number of rotatable bonds is 4. The quantitative estimate of drug-likeness (QED) is 0.785. The van der Waals surface area contributed by atoms with Crippen LogP contribution in [-0.4, -0.2) is 64.3 Å². The Balaban J connectivity index is 1.58. The summed E-state index contributed by atoms with van der Waals surface area (Å²) < 4.78 is 12.6. The molecule has 3 rings (SSSR count). The van der Waals surface area contributed by atoms with Crippen LogP contribution in [0.2, 0.25) is 0 Å². The Labute approximate surface area is 136 Å². The van der Waals surface area contributed by atoms with Crippen molar-refractivity contribution in [2.24, 2.45) is 0 Å². The highest BCUT2D eigenvalue weighted by Crippen LogP contribution is 2.31. The molecular formula is C16H26N4O3. The Hall–Kier alpha value is -1.47. The maximum absolute atomic E-state index is 11.5. The molecule has 0 spiro atoms. The van der Waals surface area contributed by atoms with Gasteiger partial charge in [0.1, 0.15) is 0 Å². The Morgan fingerprint density at radius 3 is 3.00 bits per heavy atom. The highest BCUT2D eigenvalue weighted by Gasteiger charge is 2.33. The van der Waals surface area contributed by atoms with Crippen molar-refractivity contribution in [1.82, 2.24) is 19.9 Å². The van der Waals surface area contributed by atoms with Gasteiger partial charge in [-0.15, -0.1) is 5.10 Å². The van der Waals surface area contributed by atoms with Gasteiger partial charge in [-0.2, -0.15) is 0 Å². The zero-order valence-corrected chi connectivity index (χ0v) is 14.2. The third-order valence-electron chi connectivity index (χ3n) is 4.78. The molecule has 0 bridgehead atoms. The van der Waals surface area contributed by atoms with Crippen LogP contribution in [0.5, 0.6) is 0 Å². The monoisotopic (exact) mass is 322 g/mol.